The molecule has 0 saturated carbocycles. The highest BCUT2D eigenvalue weighted by atomic mass is 35.5. The van der Waals surface area contributed by atoms with Gasteiger partial charge in [-0.3, -0.25) is 9.69 Å². The molecule has 0 aliphatic carbocycles. The number of methoxy groups -OCH3 is 1. The second kappa shape index (κ2) is 14.5. The van der Waals surface area contributed by atoms with Gasteiger partial charge in [0.1, 0.15) is 5.75 Å². The van der Waals surface area contributed by atoms with Gasteiger partial charge in [0.25, 0.3) is 0 Å². The van der Waals surface area contributed by atoms with Crippen molar-refractivity contribution in [3.8, 4) is 17.0 Å². The molecule has 230 valence electrons. The van der Waals surface area contributed by atoms with Crippen LogP contribution in [0.5, 0.6) is 5.75 Å². The Bertz CT molecular complexity index is 1470. The van der Waals surface area contributed by atoms with Crippen LogP contribution in [-0.4, -0.2) is 118 Å². The van der Waals surface area contributed by atoms with Gasteiger partial charge in [0.2, 0.25) is 15.9 Å². The van der Waals surface area contributed by atoms with Gasteiger partial charge in [0.05, 0.1) is 37.5 Å². The molecule has 2 aromatic carbocycles. The summed E-state index contributed by atoms with van der Waals surface area (Å²) in [6.45, 7) is 5.43. The first-order valence-corrected chi connectivity index (χ1v) is 16.2. The molecule has 43 heavy (non-hydrogen) atoms. The van der Waals surface area contributed by atoms with E-state index in [1.165, 1.54) is 16.4 Å². The van der Waals surface area contributed by atoms with Crippen LogP contribution in [0.2, 0.25) is 5.02 Å². The predicted octanol–water partition coefficient (Wildman–Crippen LogP) is 2.87. The topological polar surface area (TPSA) is 108 Å². The van der Waals surface area contributed by atoms with Gasteiger partial charge in [0.15, 0.2) is 5.82 Å². The van der Waals surface area contributed by atoms with E-state index < -0.39 is 10.0 Å². The molecule has 0 atom stereocenters. The first kappa shape index (κ1) is 31.1. The van der Waals surface area contributed by atoms with E-state index in [1.807, 2.05) is 36.4 Å². The lowest BCUT2D eigenvalue weighted by Crippen LogP contribution is -2.47. The number of carbonyl (C=O) groups excluding carboxylic acids is 1. The second-order valence-corrected chi connectivity index (χ2v) is 12.9. The summed E-state index contributed by atoms with van der Waals surface area (Å²) in [5, 5.41) is 9.33. The van der Waals surface area contributed by atoms with Gasteiger partial charge in [-0.15, -0.1) is 10.2 Å². The van der Waals surface area contributed by atoms with Gasteiger partial charge < -0.3 is 19.3 Å². The maximum Gasteiger partial charge on any atom is 0.243 e. The number of morpholine rings is 1. The number of halogens is 1. The number of rotatable bonds is 10. The van der Waals surface area contributed by atoms with Crippen molar-refractivity contribution in [1.82, 2.24) is 24.3 Å². The Kier molecular flexibility index (Phi) is 10.5. The number of sulfonamides is 1. The molecule has 2 fully saturated rings. The lowest BCUT2D eigenvalue weighted by Gasteiger charge is -2.30. The number of aromatic nitrogens is 2. The van der Waals surface area contributed by atoms with Crippen LogP contribution in [0.25, 0.3) is 11.3 Å². The fourth-order valence-corrected chi connectivity index (χ4v) is 6.70. The van der Waals surface area contributed by atoms with Crippen molar-refractivity contribution in [2.24, 2.45) is 0 Å². The summed E-state index contributed by atoms with van der Waals surface area (Å²) < 4.78 is 39.3. The number of anilines is 1. The number of nitrogens with zero attached hydrogens (tertiary/aromatic N) is 6. The van der Waals surface area contributed by atoms with Crippen LogP contribution in [0.15, 0.2) is 65.6 Å². The van der Waals surface area contributed by atoms with Crippen LogP contribution in [0, 0.1) is 0 Å². The molecule has 0 radical (unpaired) electrons. The number of carbonyl (C=O) groups is 1. The molecule has 2 aliphatic heterocycles. The molecule has 13 heteroatoms. The molecule has 2 aliphatic rings. The van der Waals surface area contributed by atoms with Crippen LogP contribution in [0.4, 0.5) is 5.82 Å². The quantitative estimate of drug-likeness (QED) is 0.335. The molecule has 0 spiro atoms. The smallest absolute Gasteiger partial charge is 0.243 e. The van der Waals surface area contributed by atoms with Gasteiger partial charge in [0, 0.05) is 62.9 Å². The Hall–Kier alpha value is -3.29. The predicted molar refractivity (Wildman–Crippen MR) is 165 cm³/mol. The highest BCUT2D eigenvalue weighted by Gasteiger charge is 2.30. The molecule has 5 rings (SSSR count). The molecular weight excluding hydrogens is 592 g/mol. The molecule has 2 saturated heterocycles. The molecule has 0 bridgehead atoms. The monoisotopic (exact) mass is 628 g/mol. The van der Waals surface area contributed by atoms with Gasteiger partial charge in [-0.05, 0) is 55.0 Å². The normalized spacial score (nSPS) is 16.7. The number of amides is 1. The van der Waals surface area contributed by atoms with Crippen LogP contribution in [0.1, 0.15) is 6.42 Å². The van der Waals surface area contributed by atoms with Crippen LogP contribution < -0.4 is 9.64 Å². The van der Waals surface area contributed by atoms with Crippen molar-refractivity contribution in [2.45, 2.75) is 11.3 Å². The largest absolute Gasteiger partial charge is 0.497 e. The minimum absolute atomic E-state index is 0.115. The summed E-state index contributed by atoms with van der Waals surface area (Å²) >= 11 is 6.00. The van der Waals surface area contributed by atoms with Gasteiger partial charge in [-0.1, -0.05) is 23.7 Å². The van der Waals surface area contributed by atoms with Crippen molar-refractivity contribution in [1.29, 1.82) is 0 Å². The van der Waals surface area contributed by atoms with E-state index >= 15 is 0 Å². The second-order valence-electron chi connectivity index (χ2n) is 10.5. The summed E-state index contributed by atoms with van der Waals surface area (Å²) in [4.78, 5) is 19.7. The first-order valence-electron chi connectivity index (χ1n) is 14.4. The first-order chi connectivity index (χ1) is 20.8. The van der Waals surface area contributed by atoms with Crippen LogP contribution in [0.3, 0.4) is 0 Å². The summed E-state index contributed by atoms with van der Waals surface area (Å²) in [6, 6.07) is 17.6. The van der Waals surface area contributed by atoms with E-state index in [2.05, 4.69) is 20.0 Å². The van der Waals surface area contributed by atoms with E-state index in [4.69, 9.17) is 21.1 Å². The van der Waals surface area contributed by atoms with Crippen LogP contribution in [-0.2, 0) is 19.6 Å². The zero-order valence-electron chi connectivity index (χ0n) is 24.3. The molecule has 11 nitrogen and oxygen atoms in total. The average Bonchev–Trinajstić information content (AvgIpc) is 3.30. The highest BCUT2D eigenvalue weighted by molar-refractivity contribution is 7.89. The lowest BCUT2D eigenvalue weighted by molar-refractivity contribution is -0.131. The molecule has 0 unspecified atom stereocenters. The van der Waals surface area contributed by atoms with Crippen molar-refractivity contribution in [2.75, 3.05) is 84.1 Å². The molecule has 1 amide bonds. The third-order valence-electron chi connectivity index (χ3n) is 7.72. The molecular formula is C30H37ClN6O5S. The van der Waals surface area contributed by atoms with E-state index in [9.17, 15) is 13.2 Å². The summed E-state index contributed by atoms with van der Waals surface area (Å²) in [6.07, 6.45) is 0.725. The molecule has 1 aromatic heterocycles. The molecule has 0 N–H and O–H groups in total. The molecule has 3 aromatic rings. The third kappa shape index (κ3) is 8.01. The van der Waals surface area contributed by atoms with Crippen molar-refractivity contribution < 1.29 is 22.7 Å². The summed E-state index contributed by atoms with van der Waals surface area (Å²) in [5.41, 5.74) is 1.66. The van der Waals surface area contributed by atoms with Gasteiger partial charge >= 0.3 is 0 Å². The van der Waals surface area contributed by atoms with Crippen molar-refractivity contribution in [3.05, 3.63) is 65.7 Å². The minimum Gasteiger partial charge on any atom is -0.497 e. The summed E-state index contributed by atoms with van der Waals surface area (Å²) in [5.74, 6) is 1.26. The fourth-order valence-electron chi connectivity index (χ4n) is 5.19. The number of hydrogen-bond acceptors (Lipinski definition) is 9. The van der Waals surface area contributed by atoms with E-state index in [-0.39, 0.29) is 23.9 Å². The van der Waals surface area contributed by atoms with Gasteiger partial charge in [-0.2, -0.15) is 4.31 Å². The maximum atomic E-state index is 13.6. The SMILES string of the molecule is COc1cccc(-c2ccc(N3CCCN(C(=O)CN(CCN4CCOCC4)S(=O)(=O)c4ccc(Cl)cc4)CC3)nn2)c1. The average molecular weight is 629 g/mol. The Morgan fingerprint density at radius 2 is 1.77 bits per heavy atom. The maximum absolute atomic E-state index is 13.6. The Balaban J connectivity index is 1.24. The fraction of sp³-hybridized carbons (Fsp3) is 0.433. The number of hydrogen-bond donors (Lipinski definition) is 0. The standard InChI is InChI=1S/C30H37ClN6O5S/c1-41-26-5-2-4-24(22-26)28-10-11-29(33-32-28)35-12-3-13-36(16-15-35)30(38)23-37(17-14-34-18-20-42-21-19-34)43(39,40)27-8-6-25(31)7-9-27/h2,4-11,22H,3,12-21,23H2,1H3. The lowest BCUT2D eigenvalue weighted by atomic mass is 10.1. The molecule has 3 heterocycles. The number of benzene rings is 2. The highest BCUT2D eigenvalue weighted by Crippen LogP contribution is 2.24. The third-order valence-corrected chi connectivity index (χ3v) is 9.83. The van der Waals surface area contributed by atoms with E-state index in [0.717, 1.165) is 42.3 Å². The minimum atomic E-state index is -3.91. The van der Waals surface area contributed by atoms with Crippen molar-refractivity contribution >= 4 is 33.3 Å². The summed E-state index contributed by atoms with van der Waals surface area (Å²) in [7, 11) is -2.29. The Morgan fingerprint density at radius 1 is 0.977 bits per heavy atom. The zero-order chi connectivity index (χ0) is 30.2. The van der Waals surface area contributed by atoms with Gasteiger partial charge in [-0.25, -0.2) is 8.42 Å². The Labute approximate surface area is 258 Å². The zero-order valence-corrected chi connectivity index (χ0v) is 25.8. The van der Waals surface area contributed by atoms with Crippen molar-refractivity contribution in [3.63, 3.8) is 0 Å². The Morgan fingerprint density at radius 3 is 2.49 bits per heavy atom. The number of ether oxygens (including phenoxy) is 2. The van der Waals surface area contributed by atoms with Crippen LogP contribution >= 0.6 is 11.6 Å². The van der Waals surface area contributed by atoms with E-state index in [1.54, 1.807) is 24.1 Å². The van der Waals surface area contributed by atoms with E-state index in [0.29, 0.717) is 51.0 Å².